The number of nitrogens with zero attached hydrogens (tertiary/aromatic N) is 1. The van der Waals surface area contributed by atoms with Gasteiger partial charge in [0.05, 0.1) is 11.6 Å². The minimum atomic E-state index is -0.709. The third-order valence-electron chi connectivity index (χ3n) is 3.97. The maximum absolute atomic E-state index is 12.0. The monoisotopic (exact) mass is 378 g/mol. The van der Waals surface area contributed by atoms with Gasteiger partial charge < -0.3 is 19.2 Å². The molecule has 7 nitrogen and oxygen atoms in total. The lowest BCUT2D eigenvalue weighted by Gasteiger charge is -2.12. The van der Waals surface area contributed by atoms with E-state index in [0.717, 1.165) is 11.0 Å². The highest BCUT2D eigenvalue weighted by atomic mass is 16.6. The van der Waals surface area contributed by atoms with Crippen molar-refractivity contribution in [3.8, 4) is 11.8 Å². The SMILES string of the molecule is C[C@H](NC(=O)COC(=O)COc1ccccc1C#N)c1cc2ccccc2o1. The van der Waals surface area contributed by atoms with E-state index in [-0.39, 0.29) is 11.8 Å². The molecule has 0 bridgehead atoms. The first-order chi connectivity index (χ1) is 13.6. The summed E-state index contributed by atoms with van der Waals surface area (Å²) in [6.07, 6.45) is 0. The van der Waals surface area contributed by atoms with Crippen LogP contribution in [0.15, 0.2) is 59.0 Å². The molecular weight excluding hydrogens is 360 g/mol. The summed E-state index contributed by atoms with van der Waals surface area (Å²) in [7, 11) is 0. The molecule has 28 heavy (non-hydrogen) atoms. The maximum atomic E-state index is 12.0. The summed E-state index contributed by atoms with van der Waals surface area (Å²) in [5, 5.41) is 12.6. The number of carbonyl (C=O) groups is 2. The number of furan rings is 1. The van der Waals surface area contributed by atoms with Crippen LogP contribution in [0.1, 0.15) is 24.3 Å². The van der Waals surface area contributed by atoms with Gasteiger partial charge in [0.25, 0.3) is 5.91 Å². The predicted octanol–water partition coefficient (Wildman–Crippen LogP) is 3.10. The number of benzene rings is 2. The summed E-state index contributed by atoms with van der Waals surface area (Å²) in [4.78, 5) is 23.8. The van der Waals surface area contributed by atoms with Crippen molar-refractivity contribution in [3.05, 3.63) is 65.9 Å². The molecule has 1 N–H and O–H groups in total. The number of fused-ring (bicyclic) bond motifs is 1. The minimum absolute atomic E-state index is 0.282. The van der Waals surface area contributed by atoms with Crippen LogP contribution in [0.4, 0.5) is 0 Å². The number of ether oxygens (including phenoxy) is 2. The first kappa shape index (κ1) is 19.0. The van der Waals surface area contributed by atoms with E-state index in [9.17, 15) is 9.59 Å². The summed E-state index contributed by atoms with van der Waals surface area (Å²) in [5.74, 6) is -0.278. The van der Waals surface area contributed by atoms with Crippen molar-refractivity contribution in [1.29, 1.82) is 5.26 Å². The van der Waals surface area contributed by atoms with Gasteiger partial charge in [0.15, 0.2) is 13.2 Å². The minimum Gasteiger partial charge on any atom is -0.481 e. The standard InChI is InChI=1S/C21H18N2O5/c1-14(19-10-15-6-2-5-9-18(15)28-19)23-20(24)12-27-21(25)13-26-17-8-4-3-7-16(17)11-22/h2-10,14H,12-13H2,1H3,(H,23,24)/t14-/m0/s1. The normalized spacial score (nSPS) is 11.4. The van der Waals surface area contributed by atoms with E-state index in [0.29, 0.717) is 11.3 Å². The van der Waals surface area contributed by atoms with Gasteiger partial charge in [-0.2, -0.15) is 5.26 Å². The largest absolute Gasteiger partial charge is 0.481 e. The second-order valence-electron chi connectivity index (χ2n) is 6.03. The van der Waals surface area contributed by atoms with Gasteiger partial charge in [-0.25, -0.2) is 4.79 Å². The fraction of sp³-hybridized carbons (Fsp3) is 0.190. The summed E-state index contributed by atoms with van der Waals surface area (Å²) < 4.78 is 15.9. The van der Waals surface area contributed by atoms with Gasteiger partial charge in [0.2, 0.25) is 0 Å². The Morgan fingerprint density at radius 1 is 1.14 bits per heavy atom. The number of hydrogen-bond donors (Lipinski definition) is 1. The van der Waals surface area contributed by atoms with Crippen LogP contribution in [0.2, 0.25) is 0 Å². The fourth-order valence-electron chi connectivity index (χ4n) is 2.58. The van der Waals surface area contributed by atoms with Crippen LogP contribution in [0.25, 0.3) is 11.0 Å². The summed E-state index contributed by atoms with van der Waals surface area (Å²) >= 11 is 0. The Bertz CT molecular complexity index is 1000. The number of esters is 1. The lowest BCUT2D eigenvalue weighted by Crippen LogP contribution is -2.31. The second-order valence-corrected chi connectivity index (χ2v) is 6.03. The Morgan fingerprint density at radius 2 is 1.89 bits per heavy atom. The van der Waals surface area contributed by atoms with E-state index in [4.69, 9.17) is 19.2 Å². The summed E-state index contributed by atoms with van der Waals surface area (Å²) in [6.45, 7) is 0.942. The quantitative estimate of drug-likeness (QED) is 0.634. The average Bonchev–Trinajstić information content (AvgIpc) is 3.15. The number of nitrogens with one attached hydrogen (secondary N) is 1. The van der Waals surface area contributed by atoms with E-state index in [1.165, 1.54) is 0 Å². The maximum Gasteiger partial charge on any atom is 0.344 e. The Balaban J connectivity index is 1.45. The highest BCUT2D eigenvalue weighted by molar-refractivity contribution is 5.82. The van der Waals surface area contributed by atoms with Crippen molar-refractivity contribution in [2.24, 2.45) is 0 Å². The molecule has 2 aromatic carbocycles. The molecule has 0 unspecified atom stereocenters. The Hall–Kier alpha value is -3.79. The van der Waals surface area contributed by atoms with Crippen LogP contribution in [-0.4, -0.2) is 25.1 Å². The molecule has 1 aromatic heterocycles. The number of amides is 1. The summed E-state index contributed by atoms with van der Waals surface area (Å²) in [5.41, 5.74) is 1.05. The van der Waals surface area contributed by atoms with Crippen molar-refractivity contribution < 1.29 is 23.5 Å². The van der Waals surface area contributed by atoms with Gasteiger partial charge in [0, 0.05) is 5.39 Å². The topological polar surface area (TPSA) is 102 Å². The lowest BCUT2D eigenvalue weighted by atomic mass is 10.2. The molecule has 0 radical (unpaired) electrons. The zero-order valence-corrected chi connectivity index (χ0v) is 15.2. The molecule has 0 saturated carbocycles. The highest BCUT2D eigenvalue weighted by Gasteiger charge is 2.16. The van der Waals surface area contributed by atoms with E-state index in [1.54, 1.807) is 31.2 Å². The highest BCUT2D eigenvalue weighted by Crippen LogP contribution is 2.23. The second kappa shape index (κ2) is 8.73. The molecule has 3 aromatic rings. The fourth-order valence-corrected chi connectivity index (χ4v) is 2.58. The zero-order chi connectivity index (χ0) is 19.9. The predicted molar refractivity (Wildman–Crippen MR) is 100 cm³/mol. The molecule has 7 heteroatoms. The first-order valence-corrected chi connectivity index (χ1v) is 8.62. The summed E-state index contributed by atoms with van der Waals surface area (Å²) in [6, 6.07) is 17.5. The first-order valence-electron chi connectivity index (χ1n) is 8.62. The third kappa shape index (κ3) is 4.68. The number of rotatable bonds is 7. The Kier molecular flexibility index (Phi) is 5.92. The molecule has 142 valence electrons. The van der Waals surface area contributed by atoms with Gasteiger partial charge in [0.1, 0.15) is 23.2 Å². The van der Waals surface area contributed by atoms with Gasteiger partial charge >= 0.3 is 5.97 Å². The van der Waals surface area contributed by atoms with Crippen LogP contribution < -0.4 is 10.1 Å². The molecule has 1 amide bonds. The van der Waals surface area contributed by atoms with Crippen molar-refractivity contribution >= 4 is 22.8 Å². The smallest absolute Gasteiger partial charge is 0.344 e. The molecule has 0 spiro atoms. The van der Waals surface area contributed by atoms with Gasteiger partial charge in [-0.05, 0) is 31.2 Å². The zero-order valence-electron chi connectivity index (χ0n) is 15.2. The van der Waals surface area contributed by atoms with Gasteiger partial charge in [-0.15, -0.1) is 0 Å². The van der Waals surface area contributed by atoms with Crippen LogP contribution in [0.5, 0.6) is 5.75 Å². The van der Waals surface area contributed by atoms with E-state index in [1.807, 2.05) is 36.4 Å². The third-order valence-corrected chi connectivity index (χ3v) is 3.97. The number of hydrogen-bond acceptors (Lipinski definition) is 6. The molecule has 1 heterocycles. The van der Waals surface area contributed by atoms with E-state index < -0.39 is 25.1 Å². The molecule has 0 aliphatic carbocycles. The van der Waals surface area contributed by atoms with Crippen LogP contribution in [-0.2, 0) is 14.3 Å². The number of carbonyl (C=O) groups excluding carboxylic acids is 2. The van der Waals surface area contributed by atoms with Crippen molar-refractivity contribution in [2.75, 3.05) is 13.2 Å². The van der Waals surface area contributed by atoms with Crippen LogP contribution >= 0.6 is 0 Å². The Labute approximate surface area is 161 Å². The average molecular weight is 378 g/mol. The van der Waals surface area contributed by atoms with Crippen molar-refractivity contribution in [1.82, 2.24) is 5.32 Å². The van der Waals surface area contributed by atoms with Crippen molar-refractivity contribution in [2.45, 2.75) is 13.0 Å². The van der Waals surface area contributed by atoms with Gasteiger partial charge in [-0.1, -0.05) is 30.3 Å². The van der Waals surface area contributed by atoms with Crippen molar-refractivity contribution in [3.63, 3.8) is 0 Å². The lowest BCUT2D eigenvalue weighted by molar-refractivity contribution is -0.150. The molecule has 0 aliphatic heterocycles. The van der Waals surface area contributed by atoms with E-state index >= 15 is 0 Å². The van der Waals surface area contributed by atoms with E-state index in [2.05, 4.69) is 5.32 Å². The molecule has 0 fully saturated rings. The van der Waals surface area contributed by atoms with Gasteiger partial charge in [-0.3, -0.25) is 4.79 Å². The number of para-hydroxylation sites is 2. The number of nitriles is 1. The molecular formula is C21H18N2O5. The van der Waals surface area contributed by atoms with Crippen LogP contribution in [0, 0.1) is 11.3 Å². The molecule has 1 atom stereocenters. The molecule has 3 rings (SSSR count). The Morgan fingerprint density at radius 3 is 2.68 bits per heavy atom. The van der Waals surface area contributed by atoms with Crippen LogP contribution in [0.3, 0.4) is 0 Å². The molecule has 0 aliphatic rings. The molecule has 0 saturated heterocycles.